The Morgan fingerprint density at radius 1 is 1.29 bits per heavy atom. The fraction of sp³-hybridized carbons (Fsp3) is 0.182. The van der Waals surface area contributed by atoms with Crippen molar-refractivity contribution in [1.29, 1.82) is 0 Å². The SMILES string of the molecule is FC(F)(F)c1cccc(C2=CNC(C=S)N2)c1. The van der Waals surface area contributed by atoms with Crippen molar-refractivity contribution < 1.29 is 13.2 Å². The molecule has 0 spiro atoms. The van der Waals surface area contributed by atoms with Crippen molar-refractivity contribution in [3.63, 3.8) is 0 Å². The van der Waals surface area contributed by atoms with Crippen LogP contribution in [0.5, 0.6) is 0 Å². The Kier molecular flexibility index (Phi) is 3.06. The smallest absolute Gasteiger partial charge is 0.366 e. The molecule has 1 aliphatic heterocycles. The van der Waals surface area contributed by atoms with Crippen LogP contribution in [0.15, 0.2) is 30.5 Å². The summed E-state index contributed by atoms with van der Waals surface area (Å²) in [5.74, 6) is 0. The molecule has 0 radical (unpaired) electrons. The van der Waals surface area contributed by atoms with Crippen LogP contribution in [0.3, 0.4) is 0 Å². The highest BCUT2D eigenvalue weighted by Crippen LogP contribution is 2.30. The number of rotatable bonds is 2. The normalized spacial score (nSPS) is 19.2. The zero-order valence-corrected chi connectivity index (χ0v) is 9.40. The molecule has 1 aromatic carbocycles. The molecule has 1 aromatic rings. The van der Waals surface area contributed by atoms with Crippen LogP contribution >= 0.6 is 12.2 Å². The van der Waals surface area contributed by atoms with Gasteiger partial charge in [-0.05, 0) is 17.7 Å². The van der Waals surface area contributed by atoms with Gasteiger partial charge in [0.25, 0.3) is 0 Å². The maximum absolute atomic E-state index is 12.5. The number of nitrogens with one attached hydrogen (secondary N) is 2. The van der Waals surface area contributed by atoms with E-state index in [2.05, 4.69) is 10.6 Å². The molecule has 17 heavy (non-hydrogen) atoms. The molecule has 0 saturated heterocycles. The van der Waals surface area contributed by atoms with E-state index < -0.39 is 11.7 Å². The fourth-order valence-corrected chi connectivity index (χ4v) is 1.67. The van der Waals surface area contributed by atoms with Crippen LogP contribution in [0.2, 0.25) is 0 Å². The third-order valence-corrected chi connectivity index (χ3v) is 2.63. The lowest BCUT2D eigenvalue weighted by atomic mass is 10.1. The first-order valence-corrected chi connectivity index (χ1v) is 5.33. The van der Waals surface area contributed by atoms with E-state index in [1.807, 2.05) is 0 Å². The summed E-state index contributed by atoms with van der Waals surface area (Å²) in [6.07, 6.45) is -2.93. The molecule has 0 saturated carbocycles. The molecule has 1 aliphatic rings. The van der Waals surface area contributed by atoms with Gasteiger partial charge in [0.05, 0.1) is 11.3 Å². The van der Waals surface area contributed by atoms with Crippen LogP contribution in [0.1, 0.15) is 11.1 Å². The van der Waals surface area contributed by atoms with E-state index in [0.717, 1.165) is 12.1 Å². The topological polar surface area (TPSA) is 24.1 Å². The first kappa shape index (κ1) is 11.9. The number of benzene rings is 1. The minimum atomic E-state index is -4.33. The van der Waals surface area contributed by atoms with E-state index >= 15 is 0 Å². The summed E-state index contributed by atoms with van der Waals surface area (Å²) < 4.78 is 37.6. The van der Waals surface area contributed by atoms with Crippen molar-refractivity contribution in [2.45, 2.75) is 12.3 Å². The molecule has 0 fully saturated rings. The molecule has 2 rings (SSSR count). The molecule has 6 heteroatoms. The van der Waals surface area contributed by atoms with E-state index in [9.17, 15) is 13.2 Å². The second kappa shape index (κ2) is 4.37. The Bertz CT molecular complexity index is 468. The van der Waals surface area contributed by atoms with Crippen molar-refractivity contribution in [2.75, 3.05) is 0 Å². The van der Waals surface area contributed by atoms with Crippen molar-refractivity contribution in [1.82, 2.24) is 10.6 Å². The van der Waals surface area contributed by atoms with E-state index in [1.54, 1.807) is 12.3 Å². The predicted molar refractivity (Wildman–Crippen MR) is 63.1 cm³/mol. The van der Waals surface area contributed by atoms with Crippen molar-refractivity contribution >= 4 is 23.3 Å². The summed E-state index contributed by atoms with van der Waals surface area (Å²) in [5.41, 5.74) is 0.414. The van der Waals surface area contributed by atoms with Crippen LogP contribution in [-0.2, 0) is 6.18 Å². The van der Waals surface area contributed by atoms with Gasteiger partial charge in [0.1, 0.15) is 6.17 Å². The highest BCUT2D eigenvalue weighted by molar-refractivity contribution is 7.79. The van der Waals surface area contributed by atoms with Crippen molar-refractivity contribution in [3.05, 3.63) is 41.6 Å². The lowest BCUT2D eigenvalue weighted by Gasteiger charge is -2.11. The van der Waals surface area contributed by atoms with Gasteiger partial charge in [-0.15, -0.1) is 0 Å². The van der Waals surface area contributed by atoms with Gasteiger partial charge in [-0.2, -0.15) is 13.2 Å². The van der Waals surface area contributed by atoms with Gasteiger partial charge in [0, 0.05) is 11.6 Å². The Hall–Kier alpha value is -1.56. The monoisotopic (exact) mass is 258 g/mol. The summed E-state index contributed by atoms with van der Waals surface area (Å²) in [7, 11) is 0. The average Bonchev–Trinajstić information content (AvgIpc) is 2.76. The number of alkyl halides is 3. The zero-order valence-electron chi connectivity index (χ0n) is 8.58. The molecule has 2 N–H and O–H groups in total. The molecule has 1 unspecified atom stereocenters. The van der Waals surface area contributed by atoms with Gasteiger partial charge in [-0.25, -0.2) is 0 Å². The summed E-state index contributed by atoms with van der Waals surface area (Å²) in [6, 6.07) is 5.14. The molecule has 90 valence electrons. The highest BCUT2D eigenvalue weighted by Gasteiger charge is 2.30. The van der Waals surface area contributed by atoms with E-state index in [1.165, 1.54) is 11.4 Å². The minimum Gasteiger partial charge on any atom is -0.366 e. The third-order valence-electron chi connectivity index (χ3n) is 2.36. The average molecular weight is 258 g/mol. The van der Waals surface area contributed by atoms with Crippen molar-refractivity contribution in [2.24, 2.45) is 0 Å². The standard InChI is InChI=1S/C11H9F3N2S/c12-11(13,14)8-3-1-2-7(4-8)9-5-15-10(6-17)16-9/h1-6,10,15-16H. The first-order chi connectivity index (χ1) is 8.00. The Morgan fingerprint density at radius 2 is 2.06 bits per heavy atom. The molecule has 2 nitrogen and oxygen atoms in total. The summed E-state index contributed by atoms with van der Waals surface area (Å²) in [5, 5.41) is 7.33. The Balaban J connectivity index is 2.26. The largest absolute Gasteiger partial charge is 0.416 e. The van der Waals surface area contributed by atoms with Gasteiger partial charge in [-0.1, -0.05) is 24.4 Å². The number of thiocarbonyl (C=S) groups is 1. The van der Waals surface area contributed by atoms with Crippen LogP contribution in [0.4, 0.5) is 13.2 Å². The number of hydrogen-bond donors (Lipinski definition) is 2. The molecule has 0 amide bonds. The van der Waals surface area contributed by atoms with E-state index in [4.69, 9.17) is 12.2 Å². The molecular weight excluding hydrogens is 249 g/mol. The van der Waals surface area contributed by atoms with Crippen molar-refractivity contribution in [3.8, 4) is 0 Å². The number of halogens is 3. The molecular formula is C11H9F3N2S. The van der Waals surface area contributed by atoms with Crippen LogP contribution in [0, 0.1) is 0 Å². The summed E-state index contributed by atoms with van der Waals surface area (Å²) in [4.78, 5) is 0. The summed E-state index contributed by atoms with van der Waals surface area (Å²) >= 11 is 4.74. The number of hydrogen-bond acceptors (Lipinski definition) is 3. The van der Waals surface area contributed by atoms with Gasteiger partial charge in [-0.3, -0.25) is 0 Å². The highest BCUT2D eigenvalue weighted by atomic mass is 32.1. The third kappa shape index (κ3) is 2.58. The Morgan fingerprint density at radius 3 is 2.65 bits per heavy atom. The first-order valence-electron chi connectivity index (χ1n) is 4.86. The molecule has 1 atom stereocenters. The van der Waals surface area contributed by atoms with Crippen LogP contribution < -0.4 is 10.6 Å². The van der Waals surface area contributed by atoms with E-state index in [-0.39, 0.29) is 6.17 Å². The van der Waals surface area contributed by atoms with Gasteiger partial charge >= 0.3 is 6.18 Å². The molecule has 0 aromatic heterocycles. The zero-order chi connectivity index (χ0) is 12.5. The Labute approximate surface area is 102 Å². The van der Waals surface area contributed by atoms with Gasteiger partial charge in [0.2, 0.25) is 0 Å². The van der Waals surface area contributed by atoms with E-state index in [0.29, 0.717) is 11.3 Å². The fourth-order valence-electron chi connectivity index (χ4n) is 1.53. The van der Waals surface area contributed by atoms with Gasteiger partial charge in [0.15, 0.2) is 0 Å². The van der Waals surface area contributed by atoms with Gasteiger partial charge < -0.3 is 10.6 Å². The summed E-state index contributed by atoms with van der Waals surface area (Å²) in [6.45, 7) is 0. The molecule has 0 aliphatic carbocycles. The predicted octanol–water partition coefficient (Wildman–Crippen LogP) is 2.52. The minimum absolute atomic E-state index is 0.213. The second-order valence-electron chi connectivity index (χ2n) is 3.56. The van der Waals surface area contributed by atoms with Crippen LogP contribution in [-0.4, -0.2) is 11.5 Å². The van der Waals surface area contributed by atoms with Crippen LogP contribution in [0.25, 0.3) is 5.70 Å². The second-order valence-corrected chi connectivity index (χ2v) is 3.83. The quantitative estimate of drug-likeness (QED) is 0.797. The lowest BCUT2D eigenvalue weighted by Crippen LogP contribution is -2.32. The lowest BCUT2D eigenvalue weighted by molar-refractivity contribution is -0.137. The maximum atomic E-state index is 12.5. The molecule has 0 bridgehead atoms. The molecule has 1 heterocycles. The maximum Gasteiger partial charge on any atom is 0.416 e.